The second-order valence-electron chi connectivity index (χ2n) is 6.35. The van der Waals surface area contributed by atoms with Crippen LogP contribution in [0.4, 0.5) is 0 Å². The van der Waals surface area contributed by atoms with Crippen molar-refractivity contribution in [3.8, 4) is 0 Å². The molecule has 2 fully saturated rings. The van der Waals surface area contributed by atoms with Crippen molar-refractivity contribution >= 4 is 18.0 Å². The van der Waals surface area contributed by atoms with Crippen LogP contribution in [-0.2, 0) is 0 Å². The van der Waals surface area contributed by atoms with Crippen LogP contribution in [0, 0.1) is 0 Å². The van der Waals surface area contributed by atoms with E-state index in [1.807, 2.05) is 0 Å². The monoisotopic (exact) mass is 339 g/mol. The number of nitrogens with two attached hydrogens (primary N) is 1. The van der Waals surface area contributed by atoms with Crippen LogP contribution < -0.4 is 15.8 Å². The highest BCUT2D eigenvalue weighted by molar-refractivity contribution is 7.95. The zero-order valence-corrected chi connectivity index (χ0v) is 14.3. The summed E-state index contributed by atoms with van der Waals surface area (Å²) in [6.07, 6.45) is 4.14. The van der Waals surface area contributed by atoms with E-state index < -0.39 is 0 Å². The number of carbonyl (C=O) groups excluding carboxylic acids is 1. The van der Waals surface area contributed by atoms with Crippen LogP contribution in [-0.4, -0.2) is 47.1 Å². The van der Waals surface area contributed by atoms with E-state index in [1.165, 1.54) is 0 Å². The highest BCUT2D eigenvalue weighted by Gasteiger charge is 2.30. The first-order valence-corrected chi connectivity index (χ1v) is 9.08. The van der Waals surface area contributed by atoms with Gasteiger partial charge in [-0.15, -0.1) is 0 Å². The van der Waals surface area contributed by atoms with E-state index in [2.05, 4.69) is 26.4 Å². The Balaban J connectivity index is 1.46. The van der Waals surface area contributed by atoms with Gasteiger partial charge in [0, 0.05) is 55.8 Å². The number of nitrogens with zero attached hydrogens (tertiary/aromatic N) is 2. The Morgan fingerprint density at radius 1 is 1.52 bits per heavy atom. The van der Waals surface area contributed by atoms with E-state index in [1.54, 1.807) is 18.2 Å². The van der Waals surface area contributed by atoms with Crippen LogP contribution in [0.5, 0.6) is 0 Å². The summed E-state index contributed by atoms with van der Waals surface area (Å²) in [6.45, 7) is 4.54. The Bertz CT molecular complexity index is 534. The lowest BCUT2D eigenvalue weighted by Crippen LogP contribution is -2.47. The molecule has 2 aliphatic rings. The molecule has 7 nitrogen and oxygen atoms in total. The molecule has 0 radical (unpaired) electrons. The van der Waals surface area contributed by atoms with Crippen LogP contribution in [0.15, 0.2) is 10.6 Å². The molecule has 23 heavy (non-hydrogen) atoms. The summed E-state index contributed by atoms with van der Waals surface area (Å²) in [5, 5.41) is 6.99. The minimum absolute atomic E-state index is 0.125. The van der Waals surface area contributed by atoms with Crippen LogP contribution in [0.2, 0.25) is 0 Å². The van der Waals surface area contributed by atoms with Crippen molar-refractivity contribution in [2.24, 2.45) is 5.73 Å². The number of hydrogen-bond donors (Lipinski definition) is 3. The van der Waals surface area contributed by atoms with Crippen LogP contribution >= 0.6 is 12.1 Å². The number of piperidine rings is 1. The second-order valence-corrected chi connectivity index (χ2v) is 7.29. The van der Waals surface area contributed by atoms with Crippen molar-refractivity contribution in [1.82, 2.24) is 19.5 Å². The molecule has 0 spiro atoms. The molecule has 3 rings (SSSR count). The summed E-state index contributed by atoms with van der Waals surface area (Å²) >= 11 is 1.62. The molecule has 0 aromatic carbocycles. The van der Waals surface area contributed by atoms with Crippen molar-refractivity contribution in [3.63, 3.8) is 0 Å². The first kappa shape index (κ1) is 16.8. The van der Waals surface area contributed by atoms with Crippen LogP contribution in [0.25, 0.3) is 0 Å². The molecule has 0 bridgehead atoms. The van der Waals surface area contributed by atoms with E-state index in [-0.39, 0.29) is 11.9 Å². The summed E-state index contributed by atoms with van der Waals surface area (Å²) in [7, 11) is 0. The van der Waals surface area contributed by atoms with E-state index in [9.17, 15) is 4.79 Å². The Labute approximate surface area is 141 Å². The van der Waals surface area contributed by atoms with Gasteiger partial charge in [-0.3, -0.25) is 4.79 Å². The highest BCUT2D eigenvalue weighted by Crippen LogP contribution is 2.40. The predicted octanol–water partition coefficient (Wildman–Crippen LogP) is 1.25. The minimum Gasteiger partial charge on any atom is -0.360 e. The molecule has 4 N–H and O–H groups in total. The molecule has 2 heterocycles. The maximum absolute atomic E-state index is 12.3. The van der Waals surface area contributed by atoms with Gasteiger partial charge in [0.2, 0.25) is 0 Å². The van der Waals surface area contributed by atoms with Crippen molar-refractivity contribution in [2.45, 2.75) is 50.6 Å². The summed E-state index contributed by atoms with van der Waals surface area (Å²) in [5.74, 6) is 1.20. The highest BCUT2D eigenvalue weighted by atomic mass is 32.2. The lowest BCUT2D eigenvalue weighted by atomic mass is 10.0. The number of nitrogens with one attached hydrogen (secondary N) is 2. The molecule has 2 atom stereocenters. The fraction of sp³-hybridized carbons (Fsp3) is 0.733. The van der Waals surface area contributed by atoms with Gasteiger partial charge in [0.1, 0.15) is 5.76 Å². The van der Waals surface area contributed by atoms with Gasteiger partial charge in [0.15, 0.2) is 5.69 Å². The van der Waals surface area contributed by atoms with Gasteiger partial charge >= 0.3 is 0 Å². The molecule has 1 aromatic rings. The minimum atomic E-state index is -0.125. The maximum Gasteiger partial charge on any atom is 0.273 e. The van der Waals surface area contributed by atoms with Gasteiger partial charge in [-0.05, 0) is 32.6 Å². The number of aromatic nitrogens is 1. The van der Waals surface area contributed by atoms with Crippen LogP contribution in [0.3, 0.4) is 0 Å². The number of amides is 1. The Kier molecular flexibility index (Phi) is 5.58. The van der Waals surface area contributed by atoms with Crippen LogP contribution in [0.1, 0.15) is 54.8 Å². The third-order valence-electron chi connectivity index (χ3n) is 4.32. The number of rotatable bonds is 7. The molecule has 1 aliphatic heterocycles. The molecule has 128 valence electrons. The van der Waals surface area contributed by atoms with Gasteiger partial charge in [-0.25, -0.2) is 9.03 Å². The molecule has 1 amide bonds. The molecule has 1 aromatic heterocycles. The molecule has 8 heteroatoms. The summed E-state index contributed by atoms with van der Waals surface area (Å²) < 4.78 is 10.8. The number of carbonyl (C=O) groups is 1. The maximum atomic E-state index is 12.3. The standard InChI is InChI=1S/C15H25N5O2S/c1-10-8-12(4-7-20(10)23-17-6-5-16)18-15(21)13-9-14(22-19-13)11-2-3-11/h9-12,17H,2-8,16H2,1H3,(H,18,21). The third-order valence-corrected chi connectivity index (χ3v) is 5.43. The molecular formula is C15H25N5O2S. The largest absolute Gasteiger partial charge is 0.360 e. The van der Waals surface area contributed by atoms with Gasteiger partial charge in [0.25, 0.3) is 5.91 Å². The Morgan fingerprint density at radius 3 is 3.04 bits per heavy atom. The van der Waals surface area contributed by atoms with Gasteiger partial charge in [0.05, 0.1) is 0 Å². The van der Waals surface area contributed by atoms with E-state index >= 15 is 0 Å². The molecule has 2 unspecified atom stereocenters. The third kappa shape index (κ3) is 4.47. The number of hydrogen-bond acceptors (Lipinski definition) is 7. The molecule has 1 aliphatic carbocycles. The van der Waals surface area contributed by atoms with E-state index in [0.717, 1.165) is 44.5 Å². The van der Waals surface area contributed by atoms with Gasteiger partial charge in [-0.2, -0.15) is 0 Å². The topological polar surface area (TPSA) is 96.4 Å². The molecular weight excluding hydrogens is 314 g/mol. The summed E-state index contributed by atoms with van der Waals surface area (Å²) in [4.78, 5) is 12.3. The quantitative estimate of drug-likeness (QED) is 0.508. The Hall–Kier alpha value is -1.09. The fourth-order valence-corrected chi connectivity index (χ4v) is 3.66. The SMILES string of the molecule is CC1CC(NC(=O)c2cc(C3CC3)on2)CCN1SNCCN. The first-order chi connectivity index (χ1) is 11.2. The average Bonchev–Trinajstić information content (AvgIpc) is 3.26. The first-order valence-electron chi connectivity index (χ1n) is 8.31. The Morgan fingerprint density at radius 2 is 2.35 bits per heavy atom. The predicted molar refractivity (Wildman–Crippen MR) is 89.8 cm³/mol. The van der Waals surface area contributed by atoms with E-state index in [0.29, 0.717) is 24.2 Å². The van der Waals surface area contributed by atoms with E-state index in [4.69, 9.17) is 10.3 Å². The second kappa shape index (κ2) is 7.65. The smallest absolute Gasteiger partial charge is 0.273 e. The van der Waals surface area contributed by atoms with Crippen molar-refractivity contribution in [3.05, 3.63) is 17.5 Å². The van der Waals surface area contributed by atoms with Gasteiger partial charge in [-0.1, -0.05) is 5.16 Å². The zero-order valence-electron chi connectivity index (χ0n) is 13.5. The lowest BCUT2D eigenvalue weighted by molar-refractivity contribution is 0.0906. The zero-order chi connectivity index (χ0) is 16.2. The van der Waals surface area contributed by atoms with Crippen molar-refractivity contribution < 1.29 is 9.32 Å². The van der Waals surface area contributed by atoms with Gasteiger partial charge < -0.3 is 15.6 Å². The summed E-state index contributed by atoms with van der Waals surface area (Å²) in [6, 6.07) is 2.37. The fourth-order valence-electron chi connectivity index (χ4n) is 2.82. The van der Waals surface area contributed by atoms with Crippen molar-refractivity contribution in [2.75, 3.05) is 19.6 Å². The molecule has 1 saturated heterocycles. The van der Waals surface area contributed by atoms with Crippen molar-refractivity contribution in [1.29, 1.82) is 0 Å². The lowest BCUT2D eigenvalue weighted by Gasteiger charge is -2.36. The summed E-state index contributed by atoms with van der Waals surface area (Å²) in [5.41, 5.74) is 5.88. The molecule has 1 saturated carbocycles. The average molecular weight is 339 g/mol. The normalized spacial score (nSPS) is 25.5.